The summed E-state index contributed by atoms with van der Waals surface area (Å²) < 4.78 is 1.14. The van der Waals surface area contributed by atoms with Crippen LogP contribution in [0.4, 0.5) is 5.69 Å². The van der Waals surface area contributed by atoms with Crippen LogP contribution in [-0.4, -0.2) is 9.97 Å². The molecule has 0 saturated carbocycles. The van der Waals surface area contributed by atoms with Crippen molar-refractivity contribution in [2.24, 2.45) is 0 Å². The number of anilines is 1. The van der Waals surface area contributed by atoms with Crippen LogP contribution in [0.1, 0.15) is 5.56 Å². The van der Waals surface area contributed by atoms with Gasteiger partial charge in [-0.25, -0.2) is 9.97 Å². The van der Waals surface area contributed by atoms with E-state index in [9.17, 15) is 0 Å². The van der Waals surface area contributed by atoms with Crippen LogP contribution < -0.4 is 5.32 Å². The molecule has 0 aliphatic carbocycles. The molecule has 0 bridgehead atoms. The molecule has 3 aromatic rings. The van der Waals surface area contributed by atoms with E-state index in [0.717, 1.165) is 27.4 Å². The zero-order chi connectivity index (χ0) is 13.8. The van der Waals surface area contributed by atoms with Gasteiger partial charge in [0.25, 0.3) is 0 Å². The number of thiophene rings is 1. The van der Waals surface area contributed by atoms with Crippen molar-refractivity contribution in [1.82, 2.24) is 9.97 Å². The number of aromatic nitrogens is 2. The average Bonchev–Trinajstić information content (AvgIpc) is 2.92. The van der Waals surface area contributed by atoms with E-state index in [2.05, 4.69) is 42.7 Å². The minimum Gasteiger partial charge on any atom is -0.378 e. The molecule has 2 heterocycles. The highest BCUT2D eigenvalue weighted by atomic mass is 79.9. The maximum absolute atomic E-state index is 4.39. The molecule has 0 saturated heterocycles. The van der Waals surface area contributed by atoms with Gasteiger partial charge in [0, 0.05) is 12.1 Å². The van der Waals surface area contributed by atoms with Gasteiger partial charge >= 0.3 is 0 Å². The van der Waals surface area contributed by atoms with Crippen molar-refractivity contribution in [3.8, 4) is 11.4 Å². The molecule has 2 aromatic heterocycles. The number of halogens is 1. The number of nitrogens with zero attached hydrogens (tertiary/aromatic N) is 2. The van der Waals surface area contributed by atoms with Crippen LogP contribution >= 0.6 is 27.3 Å². The van der Waals surface area contributed by atoms with Gasteiger partial charge in [0.15, 0.2) is 5.82 Å². The smallest absolute Gasteiger partial charge is 0.159 e. The zero-order valence-corrected chi connectivity index (χ0v) is 13.0. The Morgan fingerprint density at radius 1 is 1.10 bits per heavy atom. The second-order valence-corrected chi connectivity index (χ2v) is 6.56. The van der Waals surface area contributed by atoms with Crippen molar-refractivity contribution >= 4 is 33.0 Å². The summed E-state index contributed by atoms with van der Waals surface area (Å²) >= 11 is 5.14. The van der Waals surface area contributed by atoms with E-state index >= 15 is 0 Å². The molecule has 3 nitrogen and oxygen atoms in total. The number of hydrogen-bond acceptors (Lipinski definition) is 4. The summed E-state index contributed by atoms with van der Waals surface area (Å²) in [6.07, 6.45) is 3.63. The van der Waals surface area contributed by atoms with E-state index in [1.54, 1.807) is 11.3 Å². The molecule has 0 unspecified atom stereocenters. The Hall–Kier alpha value is -1.72. The molecular weight excluding hydrogens is 334 g/mol. The van der Waals surface area contributed by atoms with Crippen LogP contribution in [0.3, 0.4) is 0 Å². The van der Waals surface area contributed by atoms with Crippen molar-refractivity contribution in [2.45, 2.75) is 6.54 Å². The number of benzene rings is 1. The molecule has 0 amide bonds. The summed E-state index contributed by atoms with van der Waals surface area (Å²) in [6, 6.07) is 12.1. The Bertz CT molecular complexity index is 680. The van der Waals surface area contributed by atoms with Crippen LogP contribution in [0.25, 0.3) is 11.4 Å². The molecule has 0 atom stereocenters. The Morgan fingerprint density at radius 2 is 1.85 bits per heavy atom. The molecule has 0 radical (unpaired) electrons. The third kappa shape index (κ3) is 3.23. The normalized spacial score (nSPS) is 10.4. The topological polar surface area (TPSA) is 37.8 Å². The Morgan fingerprint density at radius 3 is 2.50 bits per heavy atom. The second-order valence-electron chi connectivity index (χ2n) is 4.27. The van der Waals surface area contributed by atoms with Crippen molar-refractivity contribution in [2.75, 3.05) is 5.32 Å². The summed E-state index contributed by atoms with van der Waals surface area (Å²) in [5.41, 5.74) is 3.20. The van der Waals surface area contributed by atoms with Crippen LogP contribution in [-0.2, 0) is 6.54 Å². The van der Waals surface area contributed by atoms with E-state index in [-0.39, 0.29) is 0 Å². The third-order valence-electron chi connectivity index (χ3n) is 2.80. The molecule has 100 valence electrons. The van der Waals surface area contributed by atoms with E-state index in [1.807, 2.05) is 42.7 Å². The van der Waals surface area contributed by atoms with Crippen LogP contribution in [0.2, 0.25) is 0 Å². The fourth-order valence-electron chi connectivity index (χ4n) is 1.80. The first-order chi connectivity index (χ1) is 9.81. The Kier molecular flexibility index (Phi) is 4.08. The predicted octanol–water partition coefficient (Wildman–Crippen LogP) is 4.58. The highest BCUT2D eigenvalue weighted by Crippen LogP contribution is 2.21. The van der Waals surface area contributed by atoms with E-state index in [1.165, 1.54) is 5.56 Å². The lowest BCUT2D eigenvalue weighted by Gasteiger charge is -2.05. The molecule has 3 rings (SSSR count). The summed E-state index contributed by atoms with van der Waals surface area (Å²) in [5, 5.41) is 5.44. The largest absolute Gasteiger partial charge is 0.378 e. The van der Waals surface area contributed by atoms with Crippen LogP contribution in [0, 0.1) is 0 Å². The molecule has 0 aliphatic heterocycles. The molecular formula is C15H12BrN3S. The number of nitrogens with one attached hydrogen (secondary N) is 1. The van der Waals surface area contributed by atoms with Crippen molar-refractivity contribution in [3.63, 3.8) is 0 Å². The summed E-state index contributed by atoms with van der Waals surface area (Å²) in [7, 11) is 0. The van der Waals surface area contributed by atoms with E-state index < -0.39 is 0 Å². The lowest BCUT2D eigenvalue weighted by molar-refractivity contribution is 1.11. The van der Waals surface area contributed by atoms with E-state index in [0.29, 0.717) is 0 Å². The summed E-state index contributed by atoms with van der Waals surface area (Å²) in [6.45, 7) is 0.774. The fraction of sp³-hybridized carbons (Fsp3) is 0.0667. The minimum absolute atomic E-state index is 0.745. The maximum Gasteiger partial charge on any atom is 0.159 e. The molecule has 0 aliphatic rings. The highest BCUT2D eigenvalue weighted by molar-refractivity contribution is 9.11. The van der Waals surface area contributed by atoms with Gasteiger partial charge in [0.05, 0.1) is 21.9 Å². The molecule has 1 N–H and O–H groups in total. The van der Waals surface area contributed by atoms with Gasteiger partial charge in [-0.05, 0) is 32.9 Å². The molecule has 0 fully saturated rings. The second kappa shape index (κ2) is 6.15. The van der Waals surface area contributed by atoms with Crippen LogP contribution in [0.15, 0.2) is 58.0 Å². The minimum atomic E-state index is 0.745. The lowest BCUT2D eigenvalue weighted by Crippen LogP contribution is -2.00. The Balaban J connectivity index is 1.67. The van der Waals surface area contributed by atoms with Crippen molar-refractivity contribution in [3.05, 3.63) is 63.5 Å². The molecule has 5 heteroatoms. The first-order valence-corrected chi connectivity index (χ1v) is 7.83. The van der Waals surface area contributed by atoms with Gasteiger partial charge in [-0.3, -0.25) is 0 Å². The van der Waals surface area contributed by atoms with Gasteiger partial charge < -0.3 is 5.32 Å². The number of rotatable bonds is 4. The monoisotopic (exact) mass is 345 g/mol. The van der Waals surface area contributed by atoms with Gasteiger partial charge in [0.1, 0.15) is 0 Å². The lowest BCUT2D eigenvalue weighted by atomic mass is 10.2. The zero-order valence-electron chi connectivity index (χ0n) is 10.6. The summed E-state index contributed by atoms with van der Waals surface area (Å²) in [5.74, 6) is 0.745. The average molecular weight is 346 g/mol. The maximum atomic E-state index is 4.39. The van der Waals surface area contributed by atoms with Crippen molar-refractivity contribution in [1.29, 1.82) is 0 Å². The SMILES string of the molecule is Brc1cc(CNc2cnc(-c3ccccc3)nc2)cs1. The van der Waals surface area contributed by atoms with E-state index in [4.69, 9.17) is 0 Å². The van der Waals surface area contributed by atoms with Gasteiger partial charge in [0.2, 0.25) is 0 Å². The van der Waals surface area contributed by atoms with Gasteiger partial charge in [-0.15, -0.1) is 11.3 Å². The van der Waals surface area contributed by atoms with Gasteiger partial charge in [-0.2, -0.15) is 0 Å². The quantitative estimate of drug-likeness (QED) is 0.751. The van der Waals surface area contributed by atoms with Gasteiger partial charge in [-0.1, -0.05) is 30.3 Å². The van der Waals surface area contributed by atoms with Crippen molar-refractivity contribution < 1.29 is 0 Å². The molecule has 20 heavy (non-hydrogen) atoms. The number of hydrogen-bond donors (Lipinski definition) is 1. The fourth-order valence-corrected chi connectivity index (χ4v) is 3.01. The molecule has 1 aromatic carbocycles. The first kappa shape index (κ1) is 13.3. The first-order valence-electron chi connectivity index (χ1n) is 6.15. The summed E-state index contributed by atoms with van der Waals surface area (Å²) in [4.78, 5) is 8.77. The molecule has 0 spiro atoms. The standard InChI is InChI=1S/C15H12BrN3S/c16-14-6-11(10-20-14)7-17-13-8-18-15(19-9-13)12-4-2-1-3-5-12/h1-6,8-10,17H,7H2. The third-order valence-corrected chi connectivity index (χ3v) is 4.36. The predicted molar refractivity (Wildman–Crippen MR) is 86.8 cm³/mol. The highest BCUT2D eigenvalue weighted by Gasteiger charge is 2.01. The Labute approximate surface area is 129 Å². The van der Waals surface area contributed by atoms with Crippen LogP contribution in [0.5, 0.6) is 0 Å².